The van der Waals surface area contributed by atoms with E-state index in [2.05, 4.69) is 46.8 Å². The number of benzene rings is 1. The van der Waals surface area contributed by atoms with Crippen molar-refractivity contribution in [1.82, 2.24) is 0 Å². The molecule has 0 bridgehead atoms. The van der Waals surface area contributed by atoms with Gasteiger partial charge in [0.2, 0.25) is 11.4 Å². The van der Waals surface area contributed by atoms with Crippen molar-refractivity contribution in [2.24, 2.45) is 10.8 Å². The monoisotopic (exact) mass is 397 g/mol. The van der Waals surface area contributed by atoms with Crippen LogP contribution in [0.3, 0.4) is 0 Å². The van der Waals surface area contributed by atoms with Crippen molar-refractivity contribution in [1.29, 1.82) is 0 Å². The molecule has 0 fully saturated rings. The van der Waals surface area contributed by atoms with Crippen LogP contribution in [0.5, 0.6) is 5.75 Å². The summed E-state index contributed by atoms with van der Waals surface area (Å²) in [5.41, 5.74) is 3.78. The number of fused-ring (bicyclic) bond motifs is 3. The molecule has 3 rings (SSSR count). The molecule has 0 atom stereocenters. The van der Waals surface area contributed by atoms with Gasteiger partial charge in [-0.1, -0.05) is 71.8 Å². The zero-order chi connectivity index (χ0) is 21.1. The fraction of sp³-hybridized carbons (Fsp3) is 0.654. The Morgan fingerprint density at radius 2 is 1.62 bits per heavy atom. The van der Waals surface area contributed by atoms with Crippen LogP contribution < -0.4 is 4.74 Å². The lowest BCUT2D eigenvalue weighted by Gasteiger charge is -2.36. The predicted molar refractivity (Wildman–Crippen MR) is 123 cm³/mol. The summed E-state index contributed by atoms with van der Waals surface area (Å²) in [7, 11) is 0. The van der Waals surface area contributed by atoms with Crippen molar-refractivity contribution < 1.29 is 9.48 Å². The number of nitrogens with zero attached hydrogens (tertiary/aromatic N) is 1. The van der Waals surface area contributed by atoms with Crippen LogP contribution in [0.1, 0.15) is 98.0 Å². The highest BCUT2D eigenvalue weighted by Crippen LogP contribution is 2.50. The minimum atomic E-state index is -0.132. The zero-order valence-electron chi connectivity index (χ0n) is 19.1. The molecule has 3 nitrogen and oxygen atoms in total. The van der Waals surface area contributed by atoms with E-state index in [4.69, 9.17) is 4.74 Å². The Kier molecular flexibility index (Phi) is 6.76. The maximum atomic E-state index is 13.1. The molecule has 2 aliphatic rings. The second-order valence-corrected chi connectivity index (χ2v) is 10.3. The van der Waals surface area contributed by atoms with E-state index in [1.807, 2.05) is 12.1 Å². The summed E-state index contributed by atoms with van der Waals surface area (Å²) in [5, 5.41) is 13.1. The first-order chi connectivity index (χ1) is 13.7. The van der Waals surface area contributed by atoms with Crippen molar-refractivity contribution in [3.63, 3.8) is 0 Å². The van der Waals surface area contributed by atoms with Crippen LogP contribution in [0.4, 0.5) is 5.69 Å². The molecule has 0 amide bonds. The lowest BCUT2D eigenvalue weighted by molar-refractivity contribution is -0.361. The summed E-state index contributed by atoms with van der Waals surface area (Å²) >= 11 is 0. The SMILES string of the molecule is CCCCCCCCCCOc1ccc2c(c1)[N+]([O-])=C1C2=CC(C)(C)CC1(C)C. The first-order valence-corrected chi connectivity index (χ1v) is 11.6. The van der Waals surface area contributed by atoms with Crippen molar-refractivity contribution in [3.05, 3.63) is 35.0 Å². The molecule has 0 aromatic heterocycles. The molecule has 3 heteroatoms. The Morgan fingerprint density at radius 3 is 2.31 bits per heavy atom. The smallest absolute Gasteiger partial charge is 0.228 e. The van der Waals surface area contributed by atoms with Gasteiger partial charge in [-0.05, 0) is 44.2 Å². The Labute approximate surface area is 177 Å². The standard InChI is InChI=1S/C26H39NO2/c1-6-7-8-9-10-11-12-13-16-29-20-14-15-21-22-18-25(2,3)19-26(4,5)24(22)27(28)23(21)17-20/h14-15,17-18H,6-13,16,19H2,1-5H3. The van der Waals surface area contributed by atoms with Gasteiger partial charge in [0.25, 0.3) is 0 Å². The van der Waals surface area contributed by atoms with Crippen molar-refractivity contribution >= 4 is 17.0 Å². The van der Waals surface area contributed by atoms with Crippen LogP contribution in [0.25, 0.3) is 5.57 Å². The fourth-order valence-corrected chi connectivity index (χ4v) is 5.23. The van der Waals surface area contributed by atoms with Crippen molar-refractivity contribution in [2.45, 2.75) is 92.4 Å². The summed E-state index contributed by atoms with van der Waals surface area (Å²) in [6.07, 6.45) is 13.6. The van der Waals surface area contributed by atoms with Gasteiger partial charge in [-0.2, -0.15) is 4.74 Å². The molecule has 0 saturated heterocycles. The van der Waals surface area contributed by atoms with Gasteiger partial charge in [0.05, 0.1) is 29.2 Å². The average molecular weight is 398 g/mol. The van der Waals surface area contributed by atoms with E-state index in [1.165, 1.54) is 44.9 Å². The van der Waals surface area contributed by atoms with Crippen LogP contribution in [-0.2, 0) is 0 Å². The van der Waals surface area contributed by atoms with E-state index in [0.717, 1.165) is 52.5 Å². The molecule has 1 aromatic rings. The van der Waals surface area contributed by atoms with E-state index < -0.39 is 0 Å². The number of unbranched alkanes of at least 4 members (excludes halogenated alkanes) is 7. The second kappa shape index (κ2) is 8.93. The molecule has 0 unspecified atom stereocenters. The number of rotatable bonds is 10. The van der Waals surface area contributed by atoms with Crippen LogP contribution in [-0.4, -0.2) is 17.1 Å². The molecular weight excluding hydrogens is 358 g/mol. The first kappa shape index (κ1) is 21.9. The molecule has 1 aliphatic heterocycles. The lowest BCUT2D eigenvalue weighted by atomic mass is 9.65. The molecule has 1 aliphatic carbocycles. The first-order valence-electron chi connectivity index (χ1n) is 11.6. The Balaban J connectivity index is 1.59. The minimum absolute atomic E-state index is 0.0937. The summed E-state index contributed by atoms with van der Waals surface area (Å²) < 4.78 is 7.13. The molecule has 1 aromatic carbocycles. The van der Waals surface area contributed by atoms with Gasteiger partial charge in [0.15, 0.2) is 0 Å². The third-order valence-corrected chi connectivity index (χ3v) is 6.28. The predicted octanol–water partition coefficient (Wildman–Crippen LogP) is 7.64. The van der Waals surface area contributed by atoms with Crippen molar-refractivity contribution in [3.8, 4) is 5.75 Å². The van der Waals surface area contributed by atoms with Crippen LogP contribution >= 0.6 is 0 Å². The number of hydrogen-bond donors (Lipinski definition) is 0. The van der Waals surface area contributed by atoms with Crippen LogP contribution in [0, 0.1) is 16.0 Å². The second-order valence-electron chi connectivity index (χ2n) is 10.3. The molecule has 0 radical (unpaired) electrons. The third kappa shape index (κ3) is 5.05. The topological polar surface area (TPSA) is 35.3 Å². The highest BCUT2D eigenvalue weighted by atomic mass is 16.5. The number of allylic oxidation sites excluding steroid dienone is 2. The molecule has 0 spiro atoms. The maximum absolute atomic E-state index is 13.1. The largest absolute Gasteiger partial charge is 0.618 e. The number of hydrogen-bond acceptors (Lipinski definition) is 2. The van der Waals surface area contributed by atoms with Gasteiger partial charge in [0.1, 0.15) is 5.75 Å². The van der Waals surface area contributed by atoms with Gasteiger partial charge >= 0.3 is 0 Å². The van der Waals surface area contributed by atoms with E-state index in [-0.39, 0.29) is 10.8 Å². The van der Waals surface area contributed by atoms with E-state index >= 15 is 0 Å². The zero-order valence-corrected chi connectivity index (χ0v) is 19.1. The highest BCUT2D eigenvalue weighted by molar-refractivity contribution is 6.27. The molecule has 0 saturated carbocycles. The van der Waals surface area contributed by atoms with Gasteiger partial charge in [-0.15, -0.1) is 0 Å². The van der Waals surface area contributed by atoms with E-state index in [1.54, 1.807) is 0 Å². The fourth-order valence-electron chi connectivity index (χ4n) is 5.23. The van der Waals surface area contributed by atoms with E-state index in [9.17, 15) is 5.21 Å². The van der Waals surface area contributed by atoms with Gasteiger partial charge < -0.3 is 9.94 Å². The molecule has 1 heterocycles. The maximum Gasteiger partial charge on any atom is 0.228 e. The van der Waals surface area contributed by atoms with Gasteiger partial charge in [0, 0.05) is 0 Å². The summed E-state index contributed by atoms with van der Waals surface area (Å²) in [5.74, 6) is 0.810. The Morgan fingerprint density at radius 1 is 0.966 bits per heavy atom. The van der Waals surface area contributed by atoms with Crippen molar-refractivity contribution in [2.75, 3.05) is 6.61 Å². The minimum Gasteiger partial charge on any atom is -0.618 e. The summed E-state index contributed by atoms with van der Waals surface area (Å²) in [6, 6.07) is 6.03. The Bertz CT molecular complexity index is 786. The molecular formula is C26H39NO2. The van der Waals surface area contributed by atoms with Gasteiger partial charge in [-0.25, -0.2) is 0 Å². The number of ether oxygens (including phenoxy) is 1. The van der Waals surface area contributed by atoms with Crippen LogP contribution in [0.2, 0.25) is 0 Å². The average Bonchev–Trinajstić information content (AvgIpc) is 2.91. The highest BCUT2D eigenvalue weighted by Gasteiger charge is 2.48. The third-order valence-electron chi connectivity index (χ3n) is 6.28. The van der Waals surface area contributed by atoms with E-state index in [0.29, 0.717) is 0 Å². The quantitative estimate of drug-likeness (QED) is 0.231. The molecule has 29 heavy (non-hydrogen) atoms. The lowest BCUT2D eigenvalue weighted by Crippen LogP contribution is -2.36. The van der Waals surface area contributed by atoms with Crippen LogP contribution in [0.15, 0.2) is 24.3 Å². The Hall–Kier alpha value is -1.77. The summed E-state index contributed by atoms with van der Waals surface area (Å²) in [6.45, 7) is 11.9. The molecule has 160 valence electrons. The normalized spacial score (nSPS) is 19.0. The van der Waals surface area contributed by atoms with Gasteiger partial charge in [-0.3, -0.25) is 0 Å². The molecule has 0 N–H and O–H groups in total. The summed E-state index contributed by atoms with van der Waals surface area (Å²) in [4.78, 5) is 0.